The summed E-state index contributed by atoms with van der Waals surface area (Å²) in [5.41, 5.74) is 2.69. The lowest BCUT2D eigenvalue weighted by molar-refractivity contribution is 0.0412. The van der Waals surface area contributed by atoms with Crippen molar-refractivity contribution in [2.45, 2.75) is 19.9 Å². The summed E-state index contributed by atoms with van der Waals surface area (Å²) < 4.78 is 0. The summed E-state index contributed by atoms with van der Waals surface area (Å²) >= 11 is 6.04. The van der Waals surface area contributed by atoms with Crippen LogP contribution in [0.25, 0.3) is 0 Å². The SMILES string of the molecule is CC(C)C1CN(C(c2ccccc2)c2ccc(Cl)cc2)C1. The van der Waals surface area contributed by atoms with Crippen LogP contribution in [0.1, 0.15) is 31.0 Å². The van der Waals surface area contributed by atoms with Gasteiger partial charge in [0.15, 0.2) is 0 Å². The molecule has 0 radical (unpaired) electrons. The number of likely N-dealkylation sites (tertiary alicyclic amines) is 1. The summed E-state index contributed by atoms with van der Waals surface area (Å²) in [5.74, 6) is 1.59. The van der Waals surface area contributed by atoms with Crippen LogP contribution in [0.3, 0.4) is 0 Å². The van der Waals surface area contributed by atoms with Crippen LogP contribution in [-0.4, -0.2) is 18.0 Å². The lowest BCUT2D eigenvalue weighted by Crippen LogP contribution is -2.50. The predicted molar refractivity (Wildman–Crippen MR) is 89.6 cm³/mol. The van der Waals surface area contributed by atoms with Gasteiger partial charge in [-0.3, -0.25) is 4.90 Å². The zero-order valence-corrected chi connectivity index (χ0v) is 13.4. The molecule has 0 amide bonds. The first-order valence-corrected chi connectivity index (χ1v) is 8.07. The first-order valence-electron chi connectivity index (χ1n) is 7.69. The van der Waals surface area contributed by atoms with E-state index in [4.69, 9.17) is 11.6 Å². The van der Waals surface area contributed by atoms with Crippen molar-refractivity contribution in [1.82, 2.24) is 4.90 Å². The van der Waals surface area contributed by atoms with Gasteiger partial charge in [-0.25, -0.2) is 0 Å². The third-order valence-corrected chi connectivity index (χ3v) is 4.80. The Bertz CT molecular complexity index is 570. The van der Waals surface area contributed by atoms with Gasteiger partial charge in [-0.2, -0.15) is 0 Å². The highest BCUT2D eigenvalue weighted by molar-refractivity contribution is 6.30. The van der Waals surface area contributed by atoms with Gasteiger partial charge in [-0.1, -0.05) is 67.9 Å². The molecule has 1 fully saturated rings. The van der Waals surface area contributed by atoms with Crippen molar-refractivity contribution in [1.29, 1.82) is 0 Å². The standard InChI is InChI=1S/C19H22ClN/c1-14(2)17-12-21(13-17)19(15-6-4-3-5-7-15)16-8-10-18(20)11-9-16/h3-11,14,17,19H,12-13H2,1-2H3. The molecular weight excluding hydrogens is 278 g/mol. The fourth-order valence-corrected chi connectivity index (χ4v) is 3.20. The van der Waals surface area contributed by atoms with Gasteiger partial charge in [0, 0.05) is 18.1 Å². The minimum Gasteiger partial charge on any atom is -0.292 e. The van der Waals surface area contributed by atoms with Gasteiger partial charge in [0.05, 0.1) is 6.04 Å². The number of nitrogens with zero attached hydrogens (tertiary/aromatic N) is 1. The van der Waals surface area contributed by atoms with E-state index in [9.17, 15) is 0 Å². The van der Waals surface area contributed by atoms with Gasteiger partial charge in [0.2, 0.25) is 0 Å². The lowest BCUT2D eigenvalue weighted by atomic mass is 9.84. The van der Waals surface area contributed by atoms with Gasteiger partial charge in [0.25, 0.3) is 0 Å². The lowest BCUT2D eigenvalue weighted by Gasteiger charge is -2.46. The summed E-state index contributed by atoms with van der Waals surface area (Å²) in [6.07, 6.45) is 0. The van der Waals surface area contributed by atoms with Crippen molar-refractivity contribution in [3.63, 3.8) is 0 Å². The average Bonchev–Trinajstić information content (AvgIpc) is 2.44. The zero-order chi connectivity index (χ0) is 14.8. The van der Waals surface area contributed by atoms with Crippen molar-refractivity contribution in [3.05, 3.63) is 70.7 Å². The molecule has 1 nitrogen and oxygen atoms in total. The second-order valence-electron chi connectivity index (χ2n) is 6.32. The summed E-state index contributed by atoms with van der Waals surface area (Å²) in [6.45, 7) is 7.00. The van der Waals surface area contributed by atoms with Crippen LogP contribution >= 0.6 is 11.6 Å². The largest absolute Gasteiger partial charge is 0.292 e. The molecule has 1 aliphatic rings. The molecule has 0 aliphatic carbocycles. The maximum absolute atomic E-state index is 6.04. The molecule has 1 saturated heterocycles. The molecule has 0 spiro atoms. The second kappa shape index (κ2) is 6.21. The van der Waals surface area contributed by atoms with Gasteiger partial charge in [-0.05, 0) is 35.1 Å². The average molecular weight is 300 g/mol. The first kappa shape index (κ1) is 14.6. The fourth-order valence-electron chi connectivity index (χ4n) is 3.08. The van der Waals surface area contributed by atoms with E-state index in [1.54, 1.807) is 0 Å². The van der Waals surface area contributed by atoms with Crippen LogP contribution in [0.2, 0.25) is 5.02 Å². The third-order valence-electron chi connectivity index (χ3n) is 4.55. The Kier molecular flexibility index (Phi) is 4.32. The molecule has 0 saturated carbocycles. The summed E-state index contributed by atoms with van der Waals surface area (Å²) in [6, 6.07) is 19.4. The van der Waals surface area contributed by atoms with Crippen LogP contribution in [0.15, 0.2) is 54.6 Å². The van der Waals surface area contributed by atoms with Crippen molar-refractivity contribution in [2.75, 3.05) is 13.1 Å². The van der Waals surface area contributed by atoms with Gasteiger partial charge in [0.1, 0.15) is 0 Å². The van der Waals surface area contributed by atoms with Gasteiger partial charge in [-0.15, -0.1) is 0 Å². The molecule has 1 aliphatic heterocycles. The topological polar surface area (TPSA) is 3.24 Å². The van der Waals surface area contributed by atoms with E-state index in [1.807, 2.05) is 12.1 Å². The van der Waals surface area contributed by atoms with Crippen LogP contribution < -0.4 is 0 Å². The summed E-state index contributed by atoms with van der Waals surface area (Å²) in [5, 5.41) is 0.800. The first-order chi connectivity index (χ1) is 10.1. The molecular formula is C19H22ClN. The molecule has 21 heavy (non-hydrogen) atoms. The van der Waals surface area contributed by atoms with Gasteiger partial charge < -0.3 is 0 Å². The summed E-state index contributed by atoms with van der Waals surface area (Å²) in [4.78, 5) is 2.57. The molecule has 3 rings (SSSR count). The maximum Gasteiger partial charge on any atom is 0.0602 e. The number of rotatable bonds is 4. The molecule has 2 aromatic rings. The summed E-state index contributed by atoms with van der Waals surface area (Å²) in [7, 11) is 0. The Hall–Kier alpha value is -1.31. The normalized spacial score (nSPS) is 17.7. The maximum atomic E-state index is 6.04. The quantitative estimate of drug-likeness (QED) is 0.766. The van der Waals surface area contributed by atoms with Crippen molar-refractivity contribution in [3.8, 4) is 0 Å². The van der Waals surface area contributed by atoms with Gasteiger partial charge >= 0.3 is 0 Å². The second-order valence-corrected chi connectivity index (χ2v) is 6.76. The van der Waals surface area contributed by atoms with E-state index < -0.39 is 0 Å². The number of hydrogen-bond acceptors (Lipinski definition) is 1. The fraction of sp³-hybridized carbons (Fsp3) is 0.368. The van der Waals surface area contributed by atoms with Crippen molar-refractivity contribution >= 4 is 11.6 Å². The Balaban J connectivity index is 1.88. The molecule has 0 bridgehead atoms. The van der Waals surface area contributed by atoms with E-state index in [1.165, 1.54) is 24.2 Å². The highest BCUT2D eigenvalue weighted by Crippen LogP contribution is 2.36. The predicted octanol–water partition coefficient (Wildman–Crippen LogP) is 5.02. The highest BCUT2D eigenvalue weighted by atomic mass is 35.5. The molecule has 1 atom stereocenters. The van der Waals surface area contributed by atoms with E-state index in [-0.39, 0.29) is 0 Å². The Morgan fingerprint density at radius 3 is 2.05 bits per heavy atom. The Morgan fingerprint density at radius 1 is 0.905 bits per heavy atom. The highest BCUT2D eigenvalue weighted by Gasteiger charge is 2.35. The zero-order valence-electron chi connectivity index (χ0n) is 12.7. The van der Waals surface area contributed by atoms with Crippen molar-refractivity contribution < 1.29 is 0 Å². The monoisotopic (exact) mass is 299 g/mol. The van der Waals surface area contributed by atoms with E-state index >= 15 is 0 Å². The Labute approximate surface area is 132 Å². The minimum atomic E-state index is 0.346. The smallest absolute Gasteiger partial charge is 0.0602 e. The van der Waals surface area contributed by atoms with Crippen LogP contribution in [0, 0.1) is 11.8 Å². The van der Waals surface area contributed by atoms with Crippen LogP contribution in [0.5, 0.6) is 0 Å². The minimum absolute atomic E-state index is 0.346. The number of halogens is 1. The third kappa shape index (κ3) is 3.14. The molecule has 2 heteroatoms. The molecule has 1 unspecified atom stereocenters. The van der Waals surface area contributed by atoms with E-state index in [0.29, 0.717) is 6.04 Å². The van der Waals surface area contributed by atoms with E-state index in [2.05, 4.69) is 61.2 Å². The van der Waals surface area contributed by atoms with E-state index in [0.717, 1.165) is 16.9 Å². The Morgan fingerprint density at radius 2 is 1.48 bits per heavy atom. The molecule has 110 valence electrons. The number of hydrogen-bond donors (Lipinski definition) is 0. The van der Waals surface area contributed by atoms with Crippen LogP contribution in [0.4, 0.5) is 0 Å². The molecule has 0 aromatic heterocycles. The number of benzene rings is 2. The molecule has 2 aromatic carbocycles. The molecule has 1 heterocycles. The van der Waals surface area contributed by atoms with Crippen molar-refractivity contribution in [2.24, 2.45) is 11.8 Å². The van der Waals surface area contributed by atoms with Crippen LogP contribution in [-0.2, 0) is 0 Å². The molecule has 0 N–H and O–H groups in total.